The van der Waals surface area contributed by atoms with Crippen LogP contribution in [0.3, 0.4) is 0 Å². The Balaban J connectivity index is 1.40. The maximum absolute atomic E-state index is 12.0. The molecule has 1 saturated carbocycles. The quantitative estimate of drug-likeness (QED) is 0.737. The number of rotatable bonds is 6. The van der Waals surface area contributed by atoms with E-state index >= 15 is 0 Å². The number of hydrogen-bond acceptors (Lipinski definition) is 5. The van der Waals surface area contributed by atoms with Crippen molar-refractivity contribution in [2.75, 3.05) is 13.2 Å². The Morgan fingerprint density at radius 3 is 2.95 bits per heavy atom. The Morgan fingerprint density at radius 1 is 1.41 bits per heavy atom. The Labute approximate surface area is 135 Å². The molecule has 3 unspecified atom stereocenters. The highest BCUT2D eigenvalue weighted by Gasteiger charge is 2.36. The maximum Gasteiger partial charge on any atom is 0.223 e. The van der Waals surface area contributed by atoms with E-state index in [-0.39, 0.29) is 24.0 Å². The number of thiophene rings is 1. The number of carbonyl (C=O) groups excluding carboxylic acids is 1. The van der Waals surface area contributed by atoms with Crippen LogP contribution in [0, 0.1) is 5.92 Å². The molecule has 22 heavy (non-hydrogen) atoms. The minimum atomic E-state index is -0.580. The van der Waals surface area contributed by atoms with Crippen LogP contribution in [-0.4, -0.2) is 42.4 Å². The van der Waals surface area contributed by atoms with Crippen LogP contribution in [0.1, 0.15) is 30.6 Å². The average Bonchev–Trinajstić information content (AvgIpc) is 3.26. The molecule has 3 N–H and O–H groups in total. The molecule has 1 aromatic heterocycles. The Hall–Kier alpha value is -0.950. The first-order valence-electron chi connectivity index (χ1n) is 8.07. The number of carbonyl (C=O) groups is 1. The summed E-state index contributed by atoms with van der Waals surface area (Å²) >= 11 is 1.69. The fraction of sp³-hybridized carbons (Fsp3) is 0.688. The van der Waals surface area contributed by atoms with Crippen LogP contribution in [-0.2, 0) is 16.1 Å². The SMILES string of the molecule is O=C(NCC1OCC(NCc2cccs2)C1O)C1CCCC1. The highest BCUT2D eigenvalue weighted by molar-refractivity contribution is 7.09. The van der Waals surface area contributed by atoms with Gasteiger partial charge in [0, 0.05) is 23.9 Å². The number of amides is 1. The first-order chi connectivity index (χ1) is 10.7. The van der Waals surface area contributed by atoms with Gasteiger partial charge in [-0.2, -0.15) is 0 Å². The summed E-state index contributed by atoms with van der Waals surface area (Å²) in [6, 6.07) is 4.01. The van der Waals surface area contributed by atoms with Crippen molar-refractivity contribution in [2.45, 2.75) is 50.5 Å². The van der Waals surface area contributed by atoms with Crippen LogP contribution >= 0.6 is 11.3 Å². The van der Waals surface area contributed by atoms with Crippen LogP contribution in [0.15, 0.2) is 17.5 Å². The third-order valence-electron chi connectivity index (χ3n) is 4.61. The van der Waals surface area contributed by atoms with E-state index in [2.05, 4.69) is 16.7 Å². The van der Waals surface area contributed by atoms with E-state index < -0.39 is 6.10 Å². The fourth-order valence-corrected chi connectivity index (χ4v) is 3.88. The number of hydrogen-bond donors (Lipinski definition) is 3. The highest BCUT2D eigenvalue weighted by Crippen LogP contribution is 2.24. The molecule has 5 nitrogen and oxygen atoms in total. The first kappa shape index (κ1) is 15.9. The number of nitrogens with one attached hydrogen (secondary N) is 2. The van der Waals surface area contributed by atoms with Gasteiger partial charge in [0.15, 0.2) is 0 Å². The van der Waals surface area contributed by atoms with Crippen molar-refractivity contribution in [3.05, 3.63) is 22.4 Å². The lowest BCUT2D eigenvalue weighted by atomic mass is 10.1. The topological polar surface area (TPSA) is 70.6 Å². The molecule has 1 aliphatic heterocycles. The third kappa shape index (κ3) is 3.87. The van der Waals surface area contributed by atoms with Gasteiger partial charge in [-0.1, -0.05) is 18.9 Å². The second-order valence-electron chi connectivity index (χ2n) is 6.16. The average molecular weight is 324 g/mol. The highest BCUT2D eigenvalue weighted by atomic mass is 32.1. The molecule has 2 fully saturated rings. The summed E-state index contributed by atoms with van der Waals surface area (Å²) in [7, 11) is 0. The lowest BCUT2D eigenvalue weighted by Crippen LogP contribution is -2.45. The Bertz CT molecular complexity index is 474. The molecule has 3 atom stereocenters. The predicted octanol–water partition coefficient (Wildman–Crippen LogP) is 1.27. The molecule has 0 radical (unpaired) electrons. The van der Waals surface area contributed by atoms with Crippen molar-refractivity contribution in [1.29, 1.82) is 0 Å². The van der Waals surface area contributed by atoms with E-state index in [0.29, 0.717) is 13.2 Å². The zero-order valence-electron chi connectivity index (χ0n) is 12.7. The number of ether oxygens (including phenoxy) is 1. The van der Waals surface area contributed by atoms with E-state index in [1.54, 1.807) is 11.3 Å². The second-order valence-corrected chi connectivity index (χ2v) is 7.19. The summed E-state index contributed by atoms with van der Waals surface area (Å²) in [4.78, 5) is 13.2. The Kier molecular flexibility index (Phi) is 5.46. The summed E-state index contributed by atoms with van der Waals surface area (Å²) in [6.45, 7) is 1.62. The van der Waals surface area contributed by atoms with Gasteiger partial charge in [-0.3, -0.25) is 4.79 Å². The van der Waals surface area contributed by atoms with Gasteiger partial charge in [0.2, 0.25) is 5.91 Å². The third-order valence-corrected chi connectivity index (χ3v) is 5.48. The van der Waals surface area contributed by atoms with Gasteiger partial charge in [0.05, 0.1) is 18.8 Å². The summed E-state index contributed by atoms with van der Waals surface area (Å²) in [5, 5.41) is 18.6. The molecular formula is C16H24N2O3S. The predicted molar refractivity (Wildman–Crippen MR) is 85.7 cm³/mol. The smallest absolute Gasteiger partial charge is 0.223 e. The molecule has 122 valence electrons. The van der Waals surface area contributed by atoms with Gasteiger partial charge in [-0.05, 0) is 24.3 Å². The summed E-state index contributed by atoms with van der Waals surface area (Å²) < 4.78 is 5.64. The van der Waals surface area contributed by atoms with Crippen molar-refractivity contribution < 1.29 is 14.6 Å². The minimum Gasteiger partial charge on any atom is -0.389 e. The molecule has 3 rings (SSSR count). The molecule has 2 heterocycles. The number of aliphatic hydroxyl groups excluding tert-OH is 1. The molecule has 0 bridgehead atoms. The van der Waals surface area contributed by atoms with E-state index in [4.69, 9.17) is 4.74 Å². The zero-order valence-corrected chi connectivity index (χ0v) is 13.5. The molecule has 6 heteroatoms. The van der Waals surface area contributed by atoms with Crippen LogP contribution < -0.4 is 10.6 Å². The lowest BCUT2D eigenvalue weighted by Gasteiger charge is -2.19. The van der Waals surface area contributed by atoms with Crippen LogP contribution in [0.25, 0.3) is 0 Å². The second kappa shape index (κ2) is 7.55. The van der Waals surface area contributed by atoms with E-state index in [1.807, 2.05) is 11.4 Å². The molecular weight excluding hydrogens is 300 g/mol. The largest absolute Gasteiger partial charge is 0.389 e. The Morgan fingerprint density at radius 2 is 2.23 bits per heavy atom. The standard InChI is InChI=1S/C16H24N2O3S/c19-15-13(17-8-12-6-3-7-22-12)10-21-14(15)9-18-16(20)11-4-1-2-5-11/h3,6-7,11,13-15,17,19H,1-2,4-5,8-10H2,(H,18,20). The van der Waals surface area contributed by atoms with Crippen LogP contribution in [0.5, 0.6) is 0 Å². The molecule has 1 aromatic rings. The van der Waals surface area contributed by atoms with Crippen molar-refractivity contribution in [3.63, 3.8) is 0 Å². The van der Waals surface area contributed by atoms with E-state index in [0.717, 1.165) is 32.2 Å². The van der Waals surface area contributed by atoms with Gasteiger partial charge in [0.25, 0.3) is 0 Å². The first-order valence-corrected chi connectivity index (χ1v) is 8.95. The molecule has 0 aromatic carbocycles. The van der Waals surface area contributed by atoms with Gasteiger partial charge in [0.1, 0.15) is 6.10 Å². The van der Waals surface area contributed by atoms with E-state index in [1.165, 1.54) is 4.88 Å². The van der Waals surface area contributed by atoms with E-state index in [9.17, 15) is 9.90 Å². The van der Waals surface area contributed by atoms with Crippen molar-refractivity contribution in [3.8, 4) is 0 Å². The molecule has 1 amide bonds. The maximum atomic E-state index is 12.0. The van der Waals surface area contributed by atoms with Gasteiger partial charge in [-0.15, -0.1) is 11.3 Å². The normalized spacial score (nSPS) is 29.0. The molecule has 2 aliphatic rings. The van der Waals surface area contributed by atoms with Gasteiger partial charge >= 0.3 is 0 Å². The monoisotopic (exact) mass is 324 g/mol. The van der Waals surface area contributed by atoms with Crippen molar-refractivity contribution >= 4 is 17.2 Å². The molecule has 1 aliphatic carbocycles. The van der Waals surface area contributed by atoms with Crippen LogP contribution in [0.2, 0.25) is 0 Å². The number of aliphatic hydroxyl groups is 1. The van der Waals surface area contributed by atoms with Crippen molar-refractivity contribution in [2.24, 2.45) is 5.92 Å². The fourth-order valence-electron chi connectivity index (χ4n) is 3.22. The van der Waals surface area contributed by atoms with Gasteiger partial charge in [-0.25, -0.2) is 0 Å². The summed E-state index contributed by atoms with van der Waals surface area (Å²) in [5.41, 5.74) is 0. The zero-order chi connectivity index (χ0) is 15.4. The molecule has 1 saturated heterocycles. The minimum absolute atomic E-state index is 0.0736. The van der Waals surface area contributed by atoms with Crippen LogP contribution in [0.4, 0.5) is 0 Å². The molecule has 0 spiro atoms. The summed E-state index contributed by atoms with van der Waals surface area (Å²) in [6.07, 6.45) is 3.38. The summed E-state index contributed by atoms with van der Waals surface area (Å²) in [5.74, 6) is 0.273. The lowest BCUT2D eigenvalue weighted by molar-refractivity contribution is -0.125. The van der Waals surface area contributed by atoms with Crippen molar-refractivity contribution in [1.82, 2.24) is 10.6 Å². The van der Waals surface area contributed by atoms with Gasteiger partial charge < -0.3 is 20.5 Å².